The Hall–Kier alpha value is -0.285. The summed E-state index contributed by atoms with van der Waals surface area (Å²) in [6.45, 7) is 4.76. The highest BCUT2D eigenvalue weighted by molar-refractivity contribution is 7.22. The summed E-state index contributed by atoms with van der Waals surface area (Å²) in [5.74, 6) is 2.36. The van der Waals surface area contributed by atoms with Gasteiger partial charge in [0.25, 0.3) is 0 Å². The second-order valence-corrected chi connectivity index (χ2v) is 8.07. The van der Waals surface area contributed by atoms with E-state index in [0.717, 1.165) is 17.8 Å². The van der Waals surface area contributed by atoms with Crippen LogP contribution in [0.1, 0.15) is 51.0 Å². The zero-order chi connectivity index (χ0) is 13.2. The first kappa shape index (κ1) is 14.1. The highest BCUT2D eigenvalue weighted by Gasteiger charge is 2.33. The van der Waals surface area contributed by atoms with E-state index in [2.05, 4.69) is 61.3 Å². The molecule has 1 fully saturated rings. The first-order valence-electron chi connectivity index (χ1n) is 7.33. The van der Waals surface area contributed by atoms with Gasteiger partial charge in [-0.25, -0.2) is 0 Å². The third-order valence-corrected chi connectivity index (χ3v) is 5.16. The van der Waals surface area contributed by atoms with E-state index in [9.17, 15) is 0 Å². The molecule has 1 aromatic carbocycles. The van der Waals surface area contributed by atoms with Crippen LogP contribution in [0.15, 0.2) is 30.3 Å². The SMILES string of the molecule is BC1(P)CCC(C(c2ccccc2)C(C)C)CC1. The van der Waals surface area contributed by atoms with Crippen molar-refractivity contribution in [3.63, 3.8) is 0 Å². The molecule has 0 aliphatic heterocycles. The molecule has 1 saturated carbocycles. The molecule has 2 unspecified atom stereocenters. The third kappa shape index (κ3) is 3.38. The molecule has 1 aliphatic carbocycles. The van der Waals surface area contributed by atoms with Gasteiger partial charge in [0.15, 0.2) is 0 Å². The van der Waals surface area contributed by atoms with Gasteiger partial charge in [0.05, 0.1) is 0 Å². The Bertz CT molecular complexity index is 362. The van der Waals surface area contributed by atoms with Crippen LogP contribution in [0.2, 0.25) is 0 Å². The largest absolute Gasteiger partial charge is 0.140 e. The van der Waals surface area contributed by atoms with E-state index >= 15 is 0 Å². The van der Waals surface area contributed by atoms with Crippen molar-refractivity contribution in [3.05, 3.63) is 35.9 Å². The van der Waals surface area contributed by atoms with Crippen LogP contribution < -0.4 is 0 Å². The summed E-state index contributed by atoms with van der Waals surface area (Å²) in [7, 11) is 5.45. The molecule has 2 rings (SSSR count). The summed E-state index contributed by atoms with van der Waals surface area (Å²) in [6, 6.07) is 11.1. The molecule has 0 heterocycles. The Morgan fingerprint density at radius 1 is 1.17 bits per heavy atom. The van der Waals surface area contributed by atoms with E-state index in [1.54, 1.807) is 5.56 Å². The Balaban J connectivity index is 2.13. The van der Waals surface area contributed by atoms with E-state index < -0.39 is 0 Å². The van der Waals surface area contributed by atoms with Crippen molar-refractivity contribution in [2.24, 2.45) is 11.8 Å². The molecule has 1 aliphatic rings. The normalized spacial score (nSPS) is 30.3. The summed E-state index contributed by atoms with van der Waals surface area (Å²) < 4.78 is 0. The van der Waals surface area contributed by atoms with Crippen molar-refractivity contribution >= 4 is 17.1 Å². The highest BCUT2D eigenvalue weighted by atomic mass is 31.0. The van der Waals surface area contributed by atoms with Gasteiger partial charge in [-0.1, -0.05) is 57.0 Å². The van der Waals surface area contributed by atoms with Crippen LogP contribution >= 0.6 is 9.24 Å². The molecule has 0 bridgehead atoms. The van der Waals surface area contributed by atoms with Crippen molar-refractivity contribution in [2.75, 3.05) is 0 Å². The summed E-state index contributed by atoms with van der Waals surface area (Å²) >= 11 is 0. The van der Waals surface area contributed by atoms with Crippen molar-refractivity contribution in [2.45, 2.75) is 50.5 Å². The fraction of sp³-hybridized carbons (Fsp3) is 0.625. The topological polar surface area (TPSA) is 0 Å². The molecule has 98 valence electrons. The van der Waals surface area contributed by atoms with Crippen LogP contribution in [0.25, 0.3) is 0 Å². The van der Waals surface area contributed by atoms with Gasteiger partial charge < -0.3 is 0 Å². The third-order valence-electron chi connectivity index (χ3n) is 4.58. The van der Waals surface area contributed by atoms with Crippen molar-refractivity contribution in [3.8, 4) is 0 Å². The van der Waals surface area contributed by atoms with E-state index in [0.29, 0.717) is 5.06 Å². The lowest BCUT2D eigenvalue weighted by atomic mass is 9.65. The Morgan fingerprint density at radius 3 is 2.22 bits per heavy atom. The van der Waals surface area contributed by atoms with Gasteiger partial charge in [-0.15, -0.1) is 9.24 Å². The van der Waals surface area contributed by atoms with Crippen LogP contribution in [-0.2, 0) is 0 Å². The predicted octanol–water partition coefficient (Wildman–Crippen LogP) is 3.82. The van der Waals surface area contributed by atoms with Crippen molar-refractivity contribution < 1.29 is 0 Å². The minimum absolute atomic E-state index is 0.495. The Labute approximate surface area is 116 Å². The summed E-state index contributed by atoms with van der Waals surface area (Å²) in [6.07, 6.45) is 5.49. The minimum Gasteiger partial charge on any atom is -0.140 e. The van der Waals surface area contributed by atoms with Crippen LogP contribution in [-0.4, -0.2) is 12.9 Å². The Morgan fingerprint density at radius 2 is 1.72 bits per heavy atom. The number of hydrogen-bond acceptors (Lipinski definition) is 0. The average molecular weight is 260 g/mol. The van der Waals surface area contributed by atoms with E-state index in [4.69, 9.17) is 0 Å². The van der Waals surface area contributed by atoms with Crippen LogP contribution in [0.4, 0.5) is 0 Å². The lowest BCUT2D eigenvalue weighted by Crippen LogP contribution is -2.31. The van der Waals surface area contributed by atoms with E-state index in [-0.39, 0.29) is 0 Å². The zero-order valence-electron chi connectivity index (χ0n) is 12.0. The second-order valence-electron chi connectivity index (χ2n) is 6.67. The van der Waals surface area contributed by atoms with Gasteiger partial charge in [-0.05, 0) is 41.2 Å². The molecular formula is C16H26BP. The fourth-order valence-electron chi connectivity index (χ4n) is 3.54. The second kappa shape index (κ2) is 5.78. The number of hydrogen-bond donors (Lipinski definition) is 0. The van der Waals surface area contributed by atoms with Gasteiger partial charge in [-0.3, -0.25) is 0 Å². The molecule has 0 nitrogen and oxygen atoms in total. The molecule has 18 heavy (non-hydrogen) atoms. The average Bonchev–Trinajstić information content (AvgIpc) is 2.33. The van der Waals surface area contributed by atoms with Crippen molar-refractivity contribution in [1.29, 1.82) is 0 Å². The fourth-order valence-corrected chi connectivity index (χ4v) is 3.87. The Kier molecular flexibility index (Phi) is 4.54. The maximum atomic E-state index is 3.06. The molecule has 0 spiro atoms. The van der Waals surface area contributed by atoms with Crippen molar-refractivity contribution in [1.82, 2.24) is 0 Å². The van der Waals surface area contributed by atoms with Crippen LogP contribution in [0, 0.1) is 11.8 Å². The van der Waals surface area contributed by atoms with Gasteiger partial charge in [0, 0.05) is 0 Å². The van der Waals surface area contributed by atoms with Gasteiger partial charge in [-0.2, -0.15) is 0 Å². The lowest BCUT2D eigenvalue weighted by molar-refractivity contribution is 0.255. The summed E-state index contributed by atoms with van der Waals surface area (Å²) in [5, 5.41) is 0.495. The highest BCUT2D eigenvalue weighted by Crippen LogP contribution is 2.44. The van der Waals surface area contributed by atoms with Gasteiger partial charge in [0.1, 0.15) is 7.85 Å². The monoisotopic (exact) mass is 260 g/mol. The quantitative estimate of drug-likeness (QED) is 0.572. The zero-order valence-corrected chi connectivity index (χ0v) is 13.2. The smallest absolute Gasteiger partial charge is 0.114 e. The lowest BCUT2D eigenvalue weighted by Gasteiger charge is -2.39. The van der Waals surface area contributed by atoms with Gasteiger partial charge >= 0.3 is 0 Å². The van der Waals surface area contributed by atoms with Gasteiger partial charge in [0.2, 0.25) is 0 Å². The minimum atomic E-state index is 0.495. The molecule has 0 amide bonds. The molecule has 2 heteroatoms. The first-order valence-corrected chi connectivity index (χ1v) is 7.91. The number of benzene rings is 1. The maximum Gasteiger partial charge on any atom is 0.114 e. The maximum absolute atomic E-state index is 3.06. The van der Waals surface area contributed by atoms with Crippen LogP contribution in [0.5, 0.6) is 0 Å². The summed E-state index contributed by atoms with van der Waals surface area (Å²) in [5.41, 5.74) is 1.55. The standard InChI is InChI=1S/C16H26BP/c1-12(2)15(13-6-4-3-5-7-13)14-8-10-16(17,18)11-9-14/h3-7,12,14-15H,8-11,17-18H2,1-2H3. The summed E-state index contributed by atoms with van der Waals surface area (Å²) in [4.78, 5) is 0. The molecule has 0 saturated heterocycles. The first-order chi connectivity index (χ1) is 8.49. The van der Waals surface area contributed by atoms with E-state index in [1.165, 1.54) is 25.7 Å². The molecule has 1 aromatic rings. The van der Waals surface area contributed by atoms with Crippen LogP contribution in [0.3, 0.4) is 0 Å². The predicted molar refractivity (Wildman–Crippen MR) is 87.0 cm³/mol. The molecular weight excluding hydrogens is 234 g/mol. The molecule has 2 atom stereocenters. The molecule has 0 N–H and O–H groups in total. The molecule has 0 radical (unpaired) electrons. The van der Waals surface area contributed by atoms with E-state index in [1.807, 2.05) is 0 Å². The number of rotatable bonds is 3. The molecule has 0 aromatic heterocycles.